The minimum atomic E-state index is 0.314. The van der Waals surface area contributed by atoms with Gasteiger partial charge >= 0.3 is 0 Å². The van der Waals surface area contributed by atoms with Gasteiger partial charge in [0, 0.05) is 5.92 Å². The van der Waals surface area contributed by atoms with Gasteiger partial charge in [0.1, 0.15) is 0 Å². The zero-order valence-electron chi connectivity index (χ0n) is 19.9. The molecule has 31 heavy (non-hydrogen) atoms. The first-order chi connectivity index (χ1) is 15.3. The van der Waals surface area contributed by atoms with E-state index in [4.69, 9.17) is 0 Å². The molecular formula is C31H40. The van der Waals surface area contributed by atoms with Crippen LogP contribution in [-0.4, -0.2) is 0 Å². The Bertz CT molecular complexity index is 798. The smallest absolute Gasteiger partial charge is 0.0348 e. The lowest BCUT2D eigenvalue weighted by atomic mass is 9.77. The van der Waals surface area contributed by atoms with Gasteiger partial charge in [-0.15, -0.1) is 0 Å². The maximum atomic E-state index is 2.39. The fourth-order valence-corrected chi connectivity index (χ4v) is 4.73. The zero-order valence-corrected chi connectivity index (χ0v) is 19.9. The van der Waals surface area contributed by atoms with E-state index in [-0.39, 0.29) is 0 Å². The molecule has 0 unspecified atom stereocenters. The minimum Gasteiger partial charge on any atom is -0.0654 e. The van der Waals surface area contributed by atoms with Gasteiger partial charge in [0.2, 0.25) is 0 Å². The van der Waals surface area contributed by atoms with Crippen molar-refractivity contribution in [1.82, 2.24) is 0 Å². The summed E-state index contributed by atoms with van der Waals surface area (Å²) in [7, 11) is 0. The molecule has 3 aromatic carbocycles. The van der Waals surface area contributed by atoms with Gasteiger partial charge in [-0.2, -0.15) is 0 Å². The molecule has 3 rings (SSSR count). The van der Waals surface area contributed by atoms with Gasteiger partial charge in [0.15, 0.2) is 0 Å². The van der Waals surface area contributed by atoms with E-state index in [0.717, 1.165) is 19.3 Å². The van der Waals surface area contributed by atoms with Crippen LogP contribution in [0, 0.1) is 0 Å². The van der Waals surface area contributed by atoms with E-state index in [0.29, 0.717) is 5.92 Å². The number of unbranched alkanes of at least 4 members (excludes halogenated alkanes) is 3. The highest BCUT2D eigenvalue weighted by molar-refractivity contribution is 5.51. The summed E-state index contributed by atoms with van der Waals surface area (Å²) in [5, 5.41) is 0. The number of benzene rings is 3. The van der Waals surface area contributed by atoms with E-state index in [9.17, 15) is 0 Å². The van der Waals surface area contributed by atoms with Gasteiger partial charge in [0.25, 0.3) is 0 Å². The van der Waals surface area contributed by atoms with Crippen LogP contribution in [0.2, 0.25) is 0 Å². The third kappa shape index (κ3) is 6.10. The Balaban J connectivity index is 2.18. The quantitative estimate of drug-likeness (QED) is 0.260. The highest BCUT2D eigenvalue weighted by atomic mass is 14.3. The van der Waals surface area contributed by atoms with Crippen LogP contribution in [0.5, 0.6) is 0 Å². The molecule has 0 bridgehead atoms. The van der Waals surface area contributed by atoms with Crippen molar-refractivity contribution in [2.45, 2.75) is 84.5 Å². The molecular weight excluding hydrogens is 372 g/mol. The predicted molar refractivity (Wildman–Crippen MR) is 136 cm³/mol. The second kappa shape index (κ2) is 12.5. The Morgan fingerprint density at radius 1 is 0.452 bits per heavy atom. The molecule has 0 atom stereocenters. The molecule has 0 nitrogen and oxygen atoms in total. The van der Waals surface area contributed by atoms with Crippen LogP contribution in [0.25, 0.3) is 0 Å². The monoisotopic (exact) mass is 412 g/mol. The van der Waals surface area contributed by atoms with Gasteiger partial charge in [-0.05, 0) is 71.9 Å². The first kappa shape index (κ1) is 23.3. The Kier molecular flexibility index (Phi) is 9.40. The first-order valence-corrected chi connectivity index (χ1v) is 12.5. The molecule has 0 spiro atoms. The van der Waals surface area contributed by atoms with Crippen LogP contribution in [-0.2, 0) is 19.3 Å². The summed E-state index contributed by atoms with van der Waals surface area (Å²) in [6.07, 6.45) is 10.9. The molecule has 3 aromatic rings. The molecule has 0 saturated carbocycles. The Labute approximate surface area is 190 Å². The van der Waals surface area contributed by atoms with Crippen LogP contribution in [0.1, 0.15) is 98.6 Å². The second-order valence-electron chi connectivity index (χ2n) is 8.84. The molecule has 0 N–H and O–H groups in total. The molecule has 0 heteroatoms. The summed E-state index contributed by atoms with van der Waals surface area (Å²) in [6.45, 7) is 6.88. The van der Waals surface area contributed by atoms with Gasteiger partial charge in [0.05, 0.1) is 0 Å². The topological polar surface area (TPSA) is 0 Å². The first-order valence-electron chi connectivity index (χ1n) is 12.5. The van der Waals surface area contributed by atoms with Gasteiger partial charge < -0.3 is 0 Å². The highest BCUT2D eigenvalue weighted by Crippen LogP contribution is 2.38. The van der Waals surface area contributed by atoms with Crippen molar-refractivity contribution < 1.29 is 0 Å². The standard InChI is InChI=1S/C31H40/c1-4-7-16-25-19-10-13-22-28(25)31(29-23-14-11-20-26(29)17-8-5-2)30-24-15-12-21-27(30)18-9-6-3/h10-15,19-24,31H,4-9,16-18H2,1-3H3. The maximum absolute atomic E-state index is 2.39. The highest BCUT2D eigenvalue weighted by Gasteiger charge is 2.23. The number of hydrogen-bond acceptors (Lipinski definition) is 0. The van der Waals surface area contributed by atoms with E-state index in [1.54, 1.807) is 0 Å². The summed E-state index contributed by atoms with van der Waals surface area (Å²) in [6, 6.07) is 27.6. The van der Waals surface area contributed by atoms with E-state index in [2.05, 4.69) is 93.6 Å². The van der Waals surface area contributed by atoms with Crippen molar-refractivity contribution in [2.24, 2.45) is 0 Å². The molecule has 0 aliphatic rings. The number of rotatable bonds is 12. The van der Waals surface area contributed by atoms with Crippen LogP contribution in [0.15, 0.2) is 72.8 Å². The Morgan fingerprint density at radius 2 is 0.742 bits per heavy atom. The van der Waals surface area contributed by atoms with Crippen LogP contribution >= 0.6 is 0 Å². The Morgan fingerprint density at radius 3 is 1.03 bits per heavy atom. The summed E-state index contributed by atoms with van der Waals surface area (Å²) in [5.41, 5.74) is 9.07. The van der Waals surface area contributed by atoms with Crippen LogP contribution in [0.3, 0.4) is 0 Å². The zero-order chi connectivity index (χ0) is 21.9. The summed E-state index contributed by atoms with van der Waals surface area (Å²) in [5.74, 6) is 0.314. The largest absolute Gasteiger partial charge is 0.0654 e. The lowest BCUT2D eigenvalue weighted by Gasteiger charge is -2.26. The molecule has 0 saturated heterocycles. The van der Waals surface area contributed by atoms with E-state index < -0.39 is 0 Å². The third-order valence-corrected chi connectivity index (χ3v) is 6.50. The van der Waals surface area contributed by atoms with Crippen LogP contribution in [0.4, 0.5) is 0 Å². The Hall–Kier alpha value is -2.34. The molecule has 0 aromatic heterocycles. The summed E-state index contributed by atoms with van der Waals surface area (Å²) in [4.78, 5) is 0. The normalized spacial score (nSPS) is 11.2. The van der Waals surface area contributed by atoms with E-state index in [1.165, 1.54) is 71.9 Å². The van der Waals surface area contributed by atoms with Crippen molar-refractivity contribution in [3.05, 3.63) is 106 Å². The lowest BCUT2D eigenvalue weighted by Crippen LogP contribution is -2.12. The predicted octanol–water partition coefficient (Wildman–Crippen LogP) is 8.89. The fourth-order valence-electron chi connectivity index (χ4n) is 4.73. The molecule has 0 aliphatic carbocycles. The summed E-state index contributed by atoms with van der Waals surface area (Å²) >= 11 is 0. The average molecular weight is 413 g/mol. The fraction of sp³-hybridized carbons (Fsp3) is 0.419. The summed E-state index contributed by atoms with van der Waals surface area (Å²) < 4.78 is 0. The molecule has 0 fully saturated rings. The minimum absolute atomic E-state index is 0.314. The molecule has 164 valence electrons. The van der Waals surface area contributed by atoms with Crippen LogP contribution < -0.4 is 0 Å². The molecule has 0 heterocycles. The van der Waals surface area contributed by atoms with Crippen molar-refractivity contribution in [1.29, 1.82) is 0 Å². The van der Waals surface area contributed by atoms with Crippen molar-refractivity contribution in [2.75, 3.05) is 0 Å². The molecule has 0 aliphatic heterocycles. The van der Waals surface area contributed by atoms with Gasteiger partial charge in [-0.1, -0.05) is 113 Å². The van der Waals surface area contributed by atoms with Crippen molar-refractivity contribution >= 4 is 0 Å². The second-order valence-corrected chi connectivity index (χ2v) is 8.84. The van der Waals surface area contributed by atoms with E-state index in [1.807, 2.05) is 0 Å². The molecule has 0 radical (unpaired) electrons. The van der Waals surface area contributed by atoms with Crippen molar-refractivity contribution in [3.8, 4) is 0 Å². The number of hydrogen-bond donors (Lipinski definition) is 0. The molecule has 0 amide bonds. The van der Waals surface area contributed by atoms with Gasteiger partial charge in [-0.3, -0.25) is 0 Å². The SMILES string of the molecule is CCCCc1ccccc1C(c1ccccc1CCCC)c1ccccc1CCCC. The third-order valence-electron chi connectivity index (χ3n) is 6.50. The van der Waals surface area contributed by atoms with Gasteiger partial charge in [-0.25, -0.2) is 0 Å². The van der Waals surface area contributed by atoms with E-state index >= 15 is 0 Å². The van der Waals surface area contributed by atoms with Crippen molar-refractivity contribution in [3.63, 3.8) is 0 Å². The lowest BCUT2D eigenvalue weighted by molar-refractivity contribution is 0.757. The average Bonchev–Trinajstić information content (AvgIpc) is 2.82. The number of aryl methyl sites for hydroxylation is 3. The maximum Gasteiger partial charge on any atom is 0.0348 e.